The second-order valence-electron chi connectivity index (χ2n) is 4.15. The molecule has 0 aromatic heterocycles. The maximum Gasteiger partial charge on any atom is 0.246 e. The maximum absolute atomic E-state index is 11.7. The fraction of sp³-hybridized carbons (Fsp3) is 0.545. The van der Waals surface area contributed by atoms with Gasteiger partial charge in [0.1, 0.15) is 6.04 Å². The van der Waals surface area contributed by atoms with E-state index in [1.54, 1.807) is 0 Å². The van der Waals surface area contributed by atoms with Crippen molar-refractivity contribution in [3.8, 4) is 0 Å². The molecular formula is C11H14N2O. The average molecular weight is 190 g/mol. The lowest BCUT2D eigenvalue weighted by Crippen LogP contribution is -2.48. The Morgan fingerprint density at radius 3 is 3.36 bits per heavy atom. The summed E-state index contributed by atoms with van der Waals surface area (Å²) in [5.74, 6) is 0.205. The first-order valence-electron chi connectivity index (χ1n) is 5.33. The van der Waals surface area contributed by atoms with E-state index in [9.17, 15) is 4.79 Å². The van der Waals surface area contributed by atoms with E-state index in [1.165, 1.54) is 5.70 Å². The zero-order valence-corrected chi connectivity index (χ0v) is 8.12. The quantitative estimate of drug-likeness (QED) is 0.621. The van der Waals surface area contributed by atoms with Gasteiger partial charge in [0, 0.05) is 12.2 Å². The number of carbonyl (C=O) groups excluding carboxylic acids is 1. The van der Waals surface area contributed by atoms with Crippen LogP contribution >= 0.6 is 0 Å². The Kier molecular flexibility index (Phi) is 1.66. The molecule has 1 N–H and O–H groups in total. The molecule has 1 fully saturated rings. The number of hydrogen-bond donors (Lipinski definition) is 1. The van der Waals surface area contributed by atoms with Crippen LogP contribution in [-0.4, -0.2) is 23.4 Å². The SMILES string of the molecule is O=C1NC2=C(C=CCC2)N2CCCC12. The zero-order valence-electron chi connectivity index (χ0n) is 8.12. The van der Waals surface area contributed by atoms with E-state index in [2.05, 4.69) is 22.4 Å². The number of fused-ring (bicyclic) bond motifs is 2. The Balaban J connectivity index is 2.02. The number of carbonyl (C=O) groups is 1. The first-order valence-corrected chi connectivity index (χ1v) is 5.33. The summed E-state index contributed by atoms with van der Waals surface area (Å²) in [4.78, 5) is 14.0. The minimum Gasteiger partial charge on any atom is -0.358 e. The molecule has 1 amide bonds. The van der Waals surface area contributed by atoms with E-state index in [4.69, 9.17) is 0 Å². The smallest absolute Gasteiger partial charge is 0.246 e. The van der Waals surface area contributed by atoms with Crippen LogP contribution in [0.1, 0.15) is 25.7 Å². The highest BCUT2D eigenvalue weighted by Crippen LogP contribution is 2.31. The minimum atomic E-state index is 0.108. The van der Waals surface area contributed by atoms with Gasteiger partial charge in [-0.15, -0.1) is 0 Å². The molecule has 2 heterocycles. The molecule has 1 aliphatic carbocycles. The highest BCUT2D eigenvalue weighted by Gasteiger charge is 2.36. The van der Waals surface area contributed by atoms with Crippen molar-refractivity contribution in [2.75, 3.05) is 6.54 Å². The summed E-state index contributed by atoms with van der Waals surface area (Å²) in [5, 5.41) is 3.04. The molecule has 3 rings (SSSR count). The van der Waals surface area contributed by atoms with E-state index in [-0.39, 0.29) is 11.9 Å². The topological polar surface area (TPSA) is 32.3 Å². The maximum atomic E-state index is 11.7. The third-order valence-electron chi connectivity index (χ3n) is 3.28. The lowest BCUT2D eigenvalue weighted by Gasteiger charge is -2.35. The fourth-order valence-corrected chi connectivity index (χ4v) is 2.61. The third kappa shape index (κ3) is 1.01. The molecule has 3 aliphatic rings. The zero-order chi connectivity index (χ0) is 9.54. The molecular weight excluding hydrogens is 176 g/mol. The summed E-state index contributed by atoms with van der Waals surface area (Å²) in [6, 6.07) is 0.108. The average Bonchev–Trinajstić information content (AvgIpc) is 2.67. The number of nitrogens with one attached hydrogen (secondary N) is 1. The summed E-state index contributed by atoms with van der Waals surface area (Å²) in [5.41, 5.74) is 2.40. The van der Waals surface area contributed by atoms with Crippen LogP contribution in [0.15, 0.2) is 23.5 Å². The van der Waals surface area contributed by atoms with Crippen LogP contribution in [0.2, 0.25) is 0 Å². The largest absolute Gasteiger partial charge is 0.358 e. The van der Waals surface area contributed by atoms with Crippen LogP contribution in [0, 0.1) is 0 Å². The molecule has 1 atom stereocenters. The highest BCUT2D eigenvalue weighted by molar-refractivity contribution is 5.85. The van der Waals surface area contributed by atoms with Crippen LogP contribution in [0.3, 0.4) is 0 Å². The van der Waals surface area contributed by atoms with E-state index in [0.29, 0.717) is 0 Å². The number of rotatable bonds is 0. The molecule has 0 bridgehead atoms. The number of amides is 1. The minimum absolute atomic E-state index is 0.108. The predicted octanol–water partition coefficient (Wildman–Crippen LogP) is 1.14. The Labute approximate surface area is 83.5 Å². The summed E-state index contributed by atoms with van der Waals surface area (Å²) < 4.78 is 0. The second kappa shape index (κ2) is 2.87. The Bertz CT molecular complexity index is 343. The lowest BCUT2D eigenvalue weighted by atomic mass is 10.0. The van der Waals surface area contributed by atoms with E-state index in [1.807, 2.05) is 0 Å². The first kappa shape index (κ1) is 8.09. The van der Waals surface area contributed by atoms with E-state index < -0.39 is 0 Å². The molecule has 3 nitrogen and oxygen atoms in total. The first-order chi connectivity index (χ1) is 6.86. The summed E-state index contributed by atoms with van der Waals surface area (Å²) >= 11 is 0. The molecule has 3 heteroatoms. The van der Waals surface area contributed by atoms with Gasteiger partial charge in [-0.1, -0.05) is 6.08 Å². The van der Waals surface area contributed by atoms with Crippen molar-refractivity contribution in [3.63, 3.8) is 0 Å². The summed E-state index contributed by atoms with van der Waals surface area (Å²) in [7, 11) is 0. The van der Waals surface area contributed by atoms with Gasteiger partial charge in [-0.25, -0.2) is 0 Å². The molecule has 0 aromatic rings. The Morgan fingerprint density at radius 1 is 1.50 bits per heavy atom. The molecule has 1 unspecified atom stereocenters. The van der Waals surface area contributed by atoms with Gasteiger partial charge in [-0.3, -0.25) is 4.79 Å². The van der Waals surface area contributed by atoms with Crippen molar-refractivity contribution < 1.29 is 4.79 Å². The van der Waals surface area contributed by atoms with Gasteiger partial charge >= 0.3 is 0 Å². The van der Waals surface area contributed by atoms with Crippen molar-refractivity contribution in [1.82, 2.24) is 10.2 Å². The van der Waals surface area contributed by atoms with Crippen LogP contribution < -0.4 is 5.32 Å². The standard InChI is InChI=1S/C11H14N2O/c14-11-10-6-3-7-13(10)9-5-2-1-4-8(9)12-11/h2,5,10H,1,3-4,6-7H2,(H,12,14). The number of hydrogen-bond acceptors (Lipinski definition) is 2. The molecule has 74 valence electrons. The van der Waals surface area contributed by atoms with Gasteiger partial charge in [0.2, 0.25) is 5.91 Å². The van der Waals surface area contributed by atoms with Crippen molar-refractivity contribution in [2.24, 2.45) is 0 Å². The van der Waals surface area contributed by atoms with Gasteiger partial charge in [0.25, 0.3) is 0 Å². The number of allylic oxidation sites excluding steroid dienone is 3. The molecule has 0 saturated carbocycles. The normalized spacial score (nSPS) is 30.1. The van der Waals surface area contributed by atoms with Gasteiger partial charge in [0.05, 0.1) is 5.70 Å². The van der Waals surface area contributed by atoms with Gasteiger partial charge < -0.3 is 10.2 Å². The van der Waals surface area contributed by atoms with Gasteiger partial charge in [-0.2, -0.15) is 0 Å². The van der Waals surface area contributed by atoms with Crippen LogP contribution in [0.25, 0.3) is 0 Å². The Hall–Kier alpha value is -1.25. The van der Waals surface area contributed by atoms with E-state index in [0.717, 1.165) is 37.9 Å². The van der Waals surface area contributed by atoms with Crippen LogP contribution in [0.4, 0.5) is 0 Å². The molecule has 14 heavy (non-hydrogen) atoms. The van der Waals surface area contributed by atoms with Crippen molar-refractivity contribution >= 4 is 5.91 Å². The fourth-order valence-electron chi connectivity index (χ4n) is 2.61. The molecule has 2 aliphatic heterocycles. The second-order valence-corrected chi connectivity index (χ2v) is 4.15. The van der Waals surface area contributed by atoms with Crippen LogP contribution in [0.5, 0.6) is 0 Å². The van der Waals surface area contributed by atoms with E-state index >= 15 is 0 Å². The van der Waals surface area contributed by atoms with Crippen molar-refractivity contribution in [2.45, 2.75) is 31.7 Å². The molecule has 0 aromatic carbocycles. The van der Waals surface area contributed by atoms with Crippen LogP contribution in [-0.2, 0) is 4.79 Å². The third-order valence-corrected chi connectivity index (χ3v) is 3.28. The number of nitrogens with zero attached hydrogens (tertiary/aromatic N) is 1. The van der Waals surface area contributed by atoms with Crippen molar-refractivity contribution in [1.29, 1.82) is 0 Å². The highest BCUT2D eigenvalue weighted by atomic mass is 16.2. The lowest BCUT2D eigenvalue weighted by molar-refractivity contribution is -0.125. The summed E-state index contributed by atoms with van der Waals surface area (Å²) in [6.45, 7) is 1.04. The Morgan fingerprint density at radius 2 is 2.43 bits per heavy atom. The van der Waals surface area contributed by atoms with Crippen molar-refractivity contribution in [3.05, 3.63) is 23.5 Å². The predicted molar refractivity (Wildman–Crippen MR) is 53.3 cm³/mol. The molecule has 1 saturated heterocycles. The monoisotopic (exact) mass is 190 g/mol. The summed E-state index contributed by atoms with van der Waals surface area (Å²) in [6.07, 6.45) is 8.56. The molecule has 0 radical (unpaired) electrons. The van der Waals surface area contributed by atoms with Gasteiger partial charge in [0.15, 0.2) is 0 Å². The molecule has 0 spiro atoms. The van der Waals surface area contributed by atoms with Gasteiger partial charge in [-0.05, 0) is 31.8 Å².